The maximum atomic E-state index is 12.5. The van der Waals surface area contributed by atoms with E-state index in [4.69, 9.17) is 23.2 Å². The molecule has 0 fully saturated rings. The highest BCUT2D eigenvalue weighted by Crippen LogP contribution is 2.32. The molecule has 4 aromatic rings. The van der Waals surface area contributed by atoms with Gasteiger partial charge in [-0.2, -0.15) is 0 Å². The van der Waals surface area contributed by atoms with Crippen molar-refractivity contribution in [3.8, 4) is 0 Å². The highest BCUT2D eigenvalue weighted by Gasteiger charge is 2.12. The van der Waals surface area contributed by atoms with Gasteiger partial charge in [-0.15, -0.1) is 11.8 Å². The minimum absolute atomic E-state index is 0.0855. The molecule has 0 unspecified atom stereocenters. The van der Waals surface area contributed by atoms with Crippen LogP contribution in [0.3, 0.4) is 0 Å². The first kappa shape index (κ1) is 23.2. The minimum Gasteiger partial charge on any atom is -0.350 e. The van der Waals surface area contributed by atoms with Crippen LogP contribution >= 0.6 is 35.0 Å². The molecule has 4 rings (SSSR count). The van der Waals surface area contributed by atoms with Gasteiger partial charge in [-0.1, -0.05) is 53.5 Å². The molecule has 0 saturated heterocycles. The van der Waals surface area contributed by atoms with Crippen LogP contribution in [0.4, 0.5) is 5.69 Å². The lowest BCUT2D eigenvalue weighted by molar-refractivity contribution is -0.384. The zero-order valence-electron chi connectivity index (χ0n) is 17.3. The normalized spacial score (nSPS) is 11.0. The Labute approximate surface area is 204 Å². The van der Waals surface area contributed by atoms with Crippen LogP contribution in [-0.4, -0.2) is 21.9 Å². The number of nitro groups is 1. The number of amides is 1. The Bertz CT molecular complexity index is 1320. The smallest absolute Gasteiger partial charge is 0.269 e. The van der Waals surface area contributed by atoms with Crippen molar-refractivity contribution in [3.63, 3.8) is 0 Å². The molecule has 0 spiro atoms. The van der Waals surface area contributed by atoms with E-state index in [0.29, 0.717) is 34.5 Å². The molecule has 1 heterocycles. The van der Waals surface area contributed by atoms with Gasteiger partial charge in [0.2, 0.25) is 0 Å². The van der Waals surface area contributed by atoms with Crippen LogP contribution in [0.1, 0.15) is 15.9 Å². The number of benzene rings is 3. The number of para-hydroxylation sites is 1. The second-order valence-electron chi connectivity index (χ2n) is 7.30. The zero-order chi connectivity index (χ0) is 23.4. The van der Waals surface area contributed by atoms with Gasteiger partial charge in [0.1, 0.15) is 0 Å². The molecule has 3 aromatic carbocycles. The molecule has 0 aliphatic rings. The Kier molecular flexibility index (Phi) is 7.23. The van der Waals surface area contributed by atoms with Crippen LogP contribution in [0.25, 0.3) is 10.9 Å². The van der Waals surface area contributed by atoms with Gasteiger partial charge in [0.05, 0.1) is 15.5 Å². The number of non-ortho nitro benzene ring substituents is 1. The third kappa shape index (κ3) is 5.50. The van der Waals surface area contributed by atoms with Crippen molar-refractivity contribution in [3.05, 3.63) is 104 Å². The summed E-state index contributed by atoms with van der Waals surface area (Å²) < 4.78 is 2.11. The Morgan fingerprint density at radius 2 is 1.82 bits per heavy atom. The molecule has 1 aromatic heterocycles. The van der Waals surface area contributed by atoms with Gasteiger partial charge in [-0.3, -0.25) is 14.9 Å². The Morgan fingerprint density at radius 1 is 1.06 bits per heavy atom. The van der Waals surface area contributed by atoms with Crippen molar-refractivity contribution in [2.45, 2.75) is 17.2 Å². The summed E-state index contributed by atoms with van der Waals surface area (Å²) in [6.45, 7) is 1.03. The summed E-state index contributed by atoms with van der Waals surface area (Å²) >= 11 is 13.7. The van der Waals surface area contributed by atoms with Crippen molar-refractivity contribution in [2.75, 3.05) is 6.54 Å². The molecule has 0 aliphatic heterocycles. The predicted molar refractivity (Wildman–Crippen MR) is 133 cm³/mol. The third-order valence-corrected chi connectivity index (χ3v) is 6.77. The van der Waals surface area contributed by atoms with E-state index in [1.807, 2.05) is 18.2 Å². The summed E-state index contributed by atoms with van der Waals surface area (Å²) in [6, 6.07) is 19.5. The van der Waals surface area contributed by atoms with Crippen LogP contribution in [0.5, 0.6) is 0 Å². The number of rotatable bonds is 8. The molecule has 0 saturated carbocycles. The van der Waals surface area contributed by atoms with Gasteiger partial charge < -0.3 is 9.88 Å². The van der Waals surface area contributed by atoms with Crippen LogP contribution in [-0.2, 0) is 12.3 Å². The number of hydrogen-bond acceptors (Lipinski definition) is 4. The summed E-state index contributed by atoms with van der Waals surface area (Å²) in [6.07, 6.45) is 2.07. The quantitative estimate of drug-likeness (QED) is 0.169. The molecular weight excluding hydrogens is 481 g/mol. The first-order valence-corrected chi connectivity index (χ1v) is 11.8. The van der Waals surface area contributed by atoms with Gasteiger partial charge in [0.25, 0.3) is 11.6 Å². The van der Waals surface area contributed by atoms with Gasteiger partial charge >= 0.3 is 0 Å². The zero-order valence-corrected chi connectivity index (χ0v) is 19.7. The van der Waals surface area contributed by atoms with E-state index in [2.05, 4.69) is 22.1 Å². The van der Waals surface area contributed by atoms with E-state index in [0.717, 1.165) is 21.4 Å². The maximum Gasteiger partial charge on any atom is 0.269 e. The molecule has 0 atom stereocenters. The average Bonchev–Trinajstić information content (AvgIpc) is 3.15. The SMILES string of the molecule is O=C(NCCn1cc(SCc2ccc([N+](=O)[O-])cc2)c2ccccc21)c1ccc(Cl)cc1Cl. The lowest BCUT2D eigenvalue weighted by atomic mass is 10.2. The molecule has 0 bridgehead atoms. The van der Waals surface area contributed by atoms with Crippen LogP contribution in [0, 0.1) is 10.1 Å². The second kappa shape index (κ2) is 10.3. The molecule has 9 heteroatoms. The number of aromatic nitrogens is 1. The minimum atomic E-state index is -0.399. The lowest BCUT2D eigenvalue weighted by Crippen LogP contribution is -2.27. The van der Waals surface area contributed by atoms with E-state index in [1.54, 1.807) is 42.1 Å². The lowest BCUT2D eigenvalue weighted by Gasteiger charge is -2.09. The summed E-state index contributed by atoms with van der Waals surface area (Å²) in [4.78, 5) is 24.0. The van der Waals surface area contributed by atoms with Crippen LogP contribution in [0.2, 0.25) is 10.0 Å². The number of carbonyl (C=O) groups excluding carboxylic acids is 1. The van der Waals surface area contributed by atoms with Gasteiger partial charge in [0, 0.05) is 58.0 Å². The summed E-state index contributed by atoms with van der Waals surface area (Å²) in [5, 5.41) is 15.7. The Morgan fingerprint density at radius 3 is 2.55 bits per heavy atom. The number of nitro benzene ring substituents is 1. The number of fused-ring (bicyclic) bond motifs is 1. The largest absolute Gasteiger partial charge is 0.350 e. The summed E-state index contributed by atoms with van der Waals surface area (Å²) in [5.41, 5.74) is 2.55. The molecule has 33 heavy (non-hydrogen) atoms. The van der Waals surface area contributed by atoms with Crippen molar-refractivity contribution in [1.29, 1.82) is 0 Å². The van der Waals surface area contributed by atoms with E-state index < -0.39 is 4.92 Å². The third-order valence-electron chi connectivity index (χ3n) is 5.11. The van der Waals surface area contributed by atoms with Gasteiger partial charge in [-0.05, 0) is 29.8 Å². The second-order valence-corrected chi connectivity index (χ2v) is 9.16. The molecule has 168 valence electrons. The fraction of sp³-hybridized carbons (Fsp3) is 0.125. The molecule has 0 radical (unpaired) electrons. The molecule has 1 amide bonds. The van der Waals surface area contributed by atoms with Crippen molar-refractivity contribution < 1.29 is 9.72 Å². The molecular formula is C24H19Cl2N3O3S. The van der Waals surface area contributed by atoms with E-state index >= 15 is 0 Å². The highest BCUT2D eigenvalue weighted by atomic mass is 35.5. The number of nitrogens with one attached hydrogen (secondary N) is 1. The number of carbonyl (C=O) groups is 1. The molecule has 0 aliphatic carbocycles. The Balaban J connectivity index is 1.43. The molecule has 6 nitrogen and oxygen atoms in total. The van der Waals surface area contributed by atoms with E-state index in [9.17, 15) is 14.9 Å². The first-order valence-electron chi connectivity index (χ1n) is 10.1. The van der Waals surface area contributed by atoms with E-state index in [1.165, 1.54) is 12.1 Å². The number of nitrogens with zero attached hydrogens (tertiary/aromatic N) is 2. The standard InChI is InChI=1S/C24H19Cl2N3O3S/c25-17-7-10-19(21(26)13-17)24(30)27-11-12-28-14-23(20-3-1-2-4-22(20)28)33-15-16-5-8-18(9-6-16)29(31)32/h1-10,13-14H,11-12,15H2,(H,27,30). The summed E-state index contributed by atoms with van der Waals surface area (Å²) in [5.74, 6) is 0.443. The number of hydrogen-bond donors (Lipinski definition) is 1. The van der Waals surface area contributed by atoms with Crippen LogP contribution < -0.4 is 5.32 Å². The van der Waals surface area contributed by atoms with E-state index in [-0.39, 0.29) is 11.6 Å². The monoisotopic (exact) mass is 499 g/mol. The maximum absolute atomic E-state index is 12.5. The average molecular weight is 500 g/mol. The topological polar surface area (TPSA) is 77.2 Å². The number of halogens is 2. The van der Waals surface area contributed by atoms with Crippen molar-refractivity contribution >= 4 is 57.5 Å². The fourth-order valence-corrected chi connectivity index (χ4v) is 4.99. The predicted octanol–water partition coefficient (Wildman–Crippen LogP) is 6.58. The fourth-order valence-electron chi connectivity index (χ4n) is 3.45. The van der Waals surface area contributed by atoms with Crippen molar-refractivity contribution in [2.24, 2.45) is 0 Å². The van der Waals surface area contributed by atoms with Crippen molar-refractivity contribution in [1.82, 2.24) is 9.88 Å². The number of thioether (sulfide) groups is 1. The van der Waals surface area contributed by atoms with Crippen LogP contribution in [0.15, 0.2) is 77.8 Å². The van der Waals surface area contributed by atoms with Gasteiger partial charge in [-0.25, -0.2) is 0 Å². The molecule has 1 N–H and O–H groups in total. The Hall–Kier alpha value is -3.00. The first-order chi connectivity index (χ1) is 15.9. The van der Waals surface area contributed by atoms with Gasteiger partial charge in [0.15, 0.2) is 0 Å². The highest BCUT2D eigenvalue weighted by molar-refractivity contribution is 7.98. The summed E-state index contributed by atoms with van der Waals surface area (Å²) in [7, 11) is 0.